The number of Topliss-reactive ketones (excluding diaryl/α,β-unsaturated/α-hetero) is 1. The summed E-state index contributed by atoms with van der Waals surface area (Å²) >= 11 is 3.53. The van der Waals surface area contributed by atoms with Crippen molar-refractivity contribution < 1.29 is 14.3 Å². The average Bonchev–Trinajstić information content (AvgIpc) is 3.13. The summed E-state index contributed by atoms with van der Waals surface area (Å²) in [6, 6.07) is 4.12. The fourth-order valence-electron chi connectivity index (χ4n) is 3.77. The molecule has 106 valence electrons. The van der Waals surface area contributed by atoms with Gasteiger partial charge in [-0.05, 0) is 37.0 Å². The maximum atomic E-state index is 12.6. The van der Waals surface area contributed by atoms with Crippen molar-refractivity contribution in [2.45, 2.75) is 44.3 Å². The average molecular weight is 337 g/mol. The summed E-state index contributed by atoms with van der Waals surface area (Å²) < 4.78 is 12.5. The quantitative estimate of drug-likeness (QED) is 0.850. The maximum Gasteiger partial charge on any atom is 0.143 e. The number of benzene rings is 1. The van der Waals surface area contributed by atoms with E-state index in [4.69, 9.17) is 9.47 Å². The van der Waals surface area contributed by atoms with Gasteiger partial charge in [0.25, 0.3) is 0 Å². The molecule has 3 unspecified atom stereocenters. The number of ether oxygens (including phenoxy) is 2. The molecule has 0 radical (unpaired) electrons. The Labute approximate surface area is 126 Å². The van der Waals surface area contributed by atoms with E-state index in [2.05, 4.69) is 22.0 Å². The molecule has 3 aliphatic rings. The molecule has 2 bridgehead atoms. The topological polar surface area (TPSA) is 35.5 Å². The minimum atomic E-state index is 0.102. The first-order chi connectivity index (χ1) is 9.70. The Bertz CT molecular complexity index is 569. The smallest absolute Gasteiger partial charge is 0.143 e. The first-order valence-electron chi connectivity index (χ1n) is 7.33. The van der Waals surface area contributed by atoms with Crippen LogP contribution in [-0.4, -0.2) is 24.6 Å². The Morgan fingerprint density at radius 1 is 1.35 bits per heavy atom. The zero-order chi connectivity index (χ0) is 13.7. The molecule has 2 saturated heterocycles. The van der Waals surface area contributed by atoms with Crippen LogP contribution in [0.15, 0.2) is 16.6 Å². The van der Waals surface area contributed by atoms with Crippen molar-refractivity contribution in [1.82, 2.24) is 0 Å². The zero-order valence-electron chi connectivity index (χ0n) is 11.2. The van der Waals surface area contributed by atoms with Crippen molar-refractivity contribution in [3.8, 4) is 5.75 Å². The summed E-state index contributed by atoms with van der Waals surface area (Å²) in [6.45, 7) is 0.726. The predicted molar refractivity (Wildman–Crippen MR) is 78.1 cm³/mol. The molecular weight excluding hydrogens is 320 g/mol. The highest BCUT2D eigenvalue weighted by atomic mass is 79.9. The Kier molecular flexibility index (Phi) is 3.11. The molecule has 3 heterocycles. The maximum absolute atomic E-state index is 12.6. The van der Waals surface area contributed by atoms with Gasteiger partial charge in [-0.1, -0.05) is 15.9 Å². The third-order valence-electron chi connectivity index (χ3n) is 4.71. The van der Waals surface area contributed by atoms with Gasteiger partial charge in [0.05, 0.1) is 18.8 Å². The molecule has 3 aliphatic heterocycles. The summed E-state index contributed by atoms with van der Waals surface area (Å²) in [4.78, 5) is 12.6. The van der Waals surface area contributed by atoms with E-state index in [-0.39, 0.29) is 12.0 Å². The van der Waals surface area contributed by atoms with Crippen LogP contribution in [0.25, 0.3) is 0 Å². The van der Waals surface area contributed by atoms with Crippen LogP contribution in [0, 0.1) is 5.92 Å². The minimum absolute atomic E-state index is 0.102. The van der Waals surface area contributed by atoms with Crippen LogP contribution in [0.3, 0.4) is 0 Å². The lowest BCUT2D eigenvalue weighted by molar-refractivity contribution is -0.123. The van der Waals surface area contributed by atoms with E-state index in [0.717, 1.165) is 48.1 Å². The van der Waals surface area contributed by atoms with Gasteiger partial charge in [-0.25, -0.2) is 0 Å². The molecule has 2 fully saturated rings. The number of carbonyl (C=O) groups excluding carboxylic acids is 1. The fourth-order valence-corrected chi connectivity index (χ4v) is 4.33. The van der Waals surface area contributed by atoms with Crippen molar-refractivity contribution in [3.63, 3.8) is 0 Å². The van der Waals surface area contributed by atoms with Gasteiger partial charge in [0.15, 0.2) is 0 Å². The third-order valence-corrected chi connectivity index (χ3v) is 5.17. The highest BCUT2D eigenvalue weighted by molar-refractivity contribution is 9.10. The number of hydrogen-bond donors (Lipinski definition) is 0. The Morgan fingerprint density at radius 3 is 3.00 bits per heavy atom. The lowest BCUT2D eigenvalue weighted by atomic mass is 9.84. The van der Waals surface area contributed by atoms with Crippen LogP contribution < -0.4 is 4.74 Å². The highest BCUT2D eigenvalue weighted by Crippen LogP contribution is 2.40. The summed E-state index contributed by atoms with van der Waals surface area (Å²) in [5.41, 5.74) is 2.24. The number of ketones is 1. The van der Waals surface area contributed by atoms with Gasteiger partial charge in [-0.15, -0.1) is 0 Å². The SMILES string of the molecule is O=C(Cc1cc(Br)cc2c1OCC2)C1CC2CCC1O2. The van der Waals surface area contributed by atoms with Crippen LogP contribution in [0.4, 0.5) is 0 Å². The third kappa shape index (κ3) is 2.09. The van der Waals surface area contributed by atoms with Crippen molar-refractivity contribution >= 4 is 21.7 Å². The van der Waals surface area contributed by atoms with Crippen molar-refractivity contribution in [1.29, 1.82) is 0 Å². The lowest BCUT2D eigenvalue weighted by Crippen LogP contribution is -2.26. The largest absolute Gasteiger partial charge is 0.493 e. The molecule has 1 aromatic carbocycles. The van der Waals surface area contributed by atoms with E-state index < -0.39 is 0 Å². The summed E-state index contributed by atoms with van der Waals surface area (Å²) in [6.07, 6.45) is 5.01. The molecule has 4 heteroatoms. The lowest BCUT2D eigenvalue weighted by Gasteiger charge is -2.18. The second-order valence-corrected chi connectivity index (χ2v) is 6.93. The summed E-state index contributed by atoms with van der Waals surface area (Å²) in [5, 5.41) is 0. The van der Waals surface area contributed by atoms with Gasteiger partial charge in [0, 0.05) is 28.8 Å². The van der Waals surface area contributed by atoms with Gasteiger partial charge in [-0.3, -0.25) is 4.79 Å². The molecule has 0 N–H and O–H groups in total. The Hall–Kier alpha value is -0.870. The number of halogens is 1. The van der Waals surface area contributed by atoms with E-state index >= 15 is 0 Å². The molecule has 0 saturated carbocycles. The Balaban J connectivity index is 1.56. The second kappa shape index (κ2) is 4.85. The first-order valence-corrected chi connectivity index (χ1v) is 8.12. The van der Waals surface area contributed by atoms with Crippen LogP contribution in [0.5, 0.6) is 5.75 Å². The highest BCUT2D eigenvalue weighted by Gasteiger charge is 2.44. The van der Waals surface area contributed by atoms with Gasteiger partial charge in [0.2, 0.25) is 0 Å². The molecule has 4 rings (SSSR count). The molecule has 0 spiro atoms. The minimum Gasteiger partial charge on any atom is -0.493 e. The molecule has 0 aliphatic carbocycles. The van der Waals surface area contributed by atoms with Gasteiger partial charge < -0.3 is 9.47 Å². The molecular formula is C16H17BrO3. The molecule has 0 aromatic heterocycles. The standard InChI is InChI=1S/C16H17BrO3/c17-11-5-9-3-4-19-16(9)10(6-11)7-14(18)13-8-12-1-2-15(13)20-12/h5-6,12-13,15H,1-4,7-8H2. The number of rotatable bonds is 3. The van der Waals surface area contributed by atoms with E-state index in [1.165, 1.54) is 5.56 Å². The van der Waals surface area contributed by atoms with Crippen LogP contribution >= 0.6 is 15.9 Å². The summed E-state index contributed by atoms with van der Waals surface area (Å²) in [5.74, 6) is 1.35. The van der Waals surface area contributed by atoms with Crippen molar-refractivity contribution in [2.24, 2.45) is 5.92 Å². The van der Waals surface area contributed by atoms with Gasteiger partial charge >= 0.3 is 0 Å². The van der Waals surface area contributed by atoms with E-state index in [1.54, 1.807) is 0 Å². The van der Waals surface area contributed by atoms with Gasteiger partial charge in [0.1, 0.15) is 11.5 Å². The van der Waals surface area contributed by atoms with Crippen molar-refractivity contribution in [2.75, 3.05) is 6.61 Å². The Morgan fingerprint density at radius 2 is 2.25 bits per heavy atom. The summed E-state index contributed by atoms with van der Waals surface area (Å²) in [7, 11) is 0. The number of hydrogen-bond acceptors (Lipinski definition) is 3. The second-order valence-electron chi connectivity index (χ2n) is 6.01. The van der Waals surface area contributed by atoms with Crippen LogP contribution in [0.1, 0.15) is 30.4 Å². The normalized spacial score (nSPS) is 30.4. The van der Waals surface area contributed by atoms with E-state index in [1.807, 2.05) is 6.07 Å². The predicted octanol–water partition coefficient (Wildman–Crippen LogP) is 3.06. The van der Waals surface area contributed by atoms with Crippen LogP contribution in [0.2, 0.25) is 0 Å². The first kappa shape index (κ1) is 12.8. The van der Waals surface area contributed by atoms with Crippen LogP contribution in [-0.2, 0) is 22.4 Å². The monoisotopic (exact) mass is 336 g/mol. The molecule has 1 aromatic rings. The molecule has 3 nitrogen and oxygen atoms in total. The fraction of sp³-hybridized carbons (Fsp3) is 0.562. The molecule has 0 amide bonds. The number of fused-ring (bicyclic) bond motifs is 3. The molecule has 20 heavy (non-hydrogen) atoms. The van der Waals surface area contributed by atoms with E-state index in [9.17, 15) is 4.79 Å². The number of carbonyl (C=O) groups is 1. The van der Waals surface area contributed by atoms with Crippen molar-refractivity contribution in [3.05, 3.63) is 27.7 Å². The van der Waals surface area contributed by atoms with E-state index in [0.29, 0.717) is 18.3 Å². The van der Waals surface area contributed by atoms with Gasteiger partial charge in [-0.2, -0.15) is 0 Å². The zero-order valence-corrected chi connectivity index (χ0v) is 12.8. The molecule has 3 atom stereocenters.